The molecule has 1 unspecified atom stereocenters. The van der Waals surface area contributed by atoms with E-state index in [-0.39, 0.29) is 18.4 Å². The molecule has 5 heteroatoms. The summed E-state index contributed by atoms with van der Waals surface area (Å²) in [6.45, 7) is 2.93. The molecule has 0 aliphatic rings. The Morgan fingerprint density at radius 1 is 1.45 bits per heavy atom. The number of carbonyl (C=O) groups excluding carboxylic acids is 1. The standard InChI is InChI=1S/C15H18BrN3O/c1-2-7-18-13(9-14(17)20)11-5-6-12(16)10-4-3-8-19-15(10)11/h3-6,8,13,18H,2,7,9H2,1H3,(H2,17,20). The van der Waals surface area contributed by atoms with Crippen LogP contribution in [0.1, 0.15) is 31.4 Å². The fourth-order valence-corrected chi connectivity index (χ4v) is 2.70. The van der Waals surface area contributed by atoms with E-state index in [1.165, 1.54) is 0 Å². The smallest absolute Gasteiger partial charge is 0.219 e. The molecule has 0 aliphatic carbocycles. The number of nitrogens with two attached hydrogens (primary N) is 1. The topological polar surface area (TPSA) is 68.0 Å². The van der Waals surface area contributed by atoms with Crippen molar-refractivity contribution in [3.05, 3.63) is 40.5 Å². The number of primary amides is 1. The molecule has 2 rings (SSSR count). The van der Waals surface area contributed by atoms with Crippen molar-refractivity contribution in [2.45, 2.75) is 25.8 Å². The van der Waals surface area contributed by atoms with Gasteiger partial charge in [0.15, 0.2) is 0 Å². The molecule has 1 heterocycles. The van der Waals surface area contributed by atoms with Crippen LogP contribution in [0.5, 0.6) is 0 Å². The first-order valence-corrected chi connectivity index (χ1v) is 7.47. The number of rotatable bonds is 6. The van der Waals surface area contributed by atoms with Crippen molar-refractivity contribution < 1.29 is 4.79 Å². The van der Waals surface area contributed by atoms with Crippen molar-refractivity contribution in [3.8, 4) is 0 Å². The molecule has 20 heavy (non-hydrogen) atoms. The number of benzene rings is 1. The molecular weight excluding hydrogens is 318 g/mol. The van der Waals surface area contributed by atoms with Crippen molar-refractivity contribution in [1.82, 2.24) is 10.3 Å². The van der Waals surface area contributed by atoms with E-state index in [4.69, 9.17) is 5.73 Å². The Balaban J connectivity index is 2.46. The molecular formula is C15H18BrN3O. The molecule has 4 nitrogen and oxygen atoms in total. The number of hydrogen-bond donors (Lipinski definition) is 2. The number of halogens is 1. The number of nitrogens with zero attached hydrogens (tertiary/aromatic N) is 1. The Bertz CT molecular complexity index is 615. The van der Waals surface area contributed by atoms with Crippen molar-refractivity contribution in [2.75, 3.05) is 6.54 Å². The summed E-state index contributed by atoms with van der Waals surface area (Å²) in [6.07, 6.45) is 3.03. The summed E-state index contributed by atoms with van der Waals surface area (Å²) in [4.78, 5) is 15.8. The number of amides is 1. The van der Waals surface area contributed by atoms with Gasteiger partial charge in [-0.25, -0.2) is 0 Å². The number of carbonyl (C=O) groups is 1. The molecule has 0 spiro atoms. The van der Waals surface area contributed by atoms with Crippen LogP contribution in [-0.4, -0.2) is 17.4 Å². The monoisotopic (exact) mass is 335 g/mol. The van der Waals surface area contributed by atoms with Gasteiger partial charge >= 0.3 is 0 Å². The summed E-state index contributed by atoms with van der Waals surface area (Å²) in [5.41, 5.74) is 7.28. The van der Waals surface area contributed by atoms with E-state index in [2.05, 4.69) is 33.2 Å². The predicted molar refractivity (Wildman–Crippen MR) is 84.3 cm³/mol. The van der Waals surface area contributed by atoms with E-state index in [1.807, 2.05) is 24.3 Å². The molecule has 1 atom stereocenters. The van der Waals surface area contributed by atoms with Gasteiger partial charge in [-0.3, -0.25) is 9.78 Å². The summed E-state index contributed by atoms with van der Waals surface area (Å²) in [5, 5.41) is 4.41. The highest BCUT2D eigenvalue weighted by Crippen LogP contribution is 2.29. The highest BCUT2D eigenvalue weighted by Gasteiger charge is 2.17. The van der Waals surface area contributed by atoms with Crippen LogP contribution < -0.4 is 11.1 Å². The first kappa shape index (κ1) is 14.9. The fourth-order valence-electron chi connectivity index (χ4n) is 2.25. The van der Waals surface area contributed by atoms with Crippen LogP contribution in [-0.2, 0) is 4.79 Å². The van der Waals surface area contributed by atoms with Crippen LogP contribution in [0.4, 0.5) is 0 Å². The van der Waals surface area contributed by atoms with Crippen LogP contribution >= 0.6 is 15.9 Å². The van der Waals surface area contributed by atoms with Gasteiger partial charge in [0.25, 0.3) is 0 Å². The van der Waals surface area contributed by atoms with E-state index in [1.54, 1.807) is 6.20 Å². The highest BCUT2D eigenvalue weighted by molar-refractivity contribution is 9.10. The molecule has 0 bridgehead atoms. The van der Waals surface area contributed by atoms with Crippen molar-refractivity contribution in [2.24, 2.45) is 5.73 Å². The molecule has 0 saturated heterocycles. The first-order chi connectivity index (χ1) is 9.63. The third kappa shape index (κ3) is 3.35. The SMILES string of the molecule is CCCNC(CC(N)=O)c1ccc(Br)c2cccnc12. The van der Waals surface area contributed by atoms with Crippen LogP contribution in [0.15, 0.2) is 34.9 Å². The Hall–Kier alpha value is -1.46. The third-order valence-corrected chi connectivity index (χ3v) is 3.86. The zero-order valence-corrected chi connectivity index (χ0v) is 13.0. The minimum Gasteiger partial charge on any atom is -0.370 e. The van der Waals surface area contributed by atoms with Crippen LogP contribution in [0.25, 0.3) is 10.9 Å². The van der Waals surface area contributed by atoms with E-state index in [0.717, 1.165) is 33.9 Å². The number of aromatic nitrogens is 1. The Labute approximate surface area is 126 Å². The van der Waals surface area contributed by atoms with Crippen LogP contribution in [0.2, 0.25) is 0 Å². The molecule has 0 radical (unpaired) electrons. The Morgan fingerprint density at radius 3 is 2.95 bits per heavy atom. The van der Waals surface area contributed by atoms with Gasteiger partial charge < -0.3 is 11.1 Å². The van der Waals surface area contributed by atoms with Gasteiger partial charge in [-0.2, -0.15) is 0 Å². The average Bonchev–Trinajstić information content (AvgIpc) is 2.44. The average molecular weight is 336 g/mol. The maximum Gasteiger partial charge on any atom is 0.219 e. The lowest BCUT2D eigenvalue weighted by atomic mass is 9.99. The van der Waals surface area contributed by atoms with Gasteiger partial charge in [0.2, 0.25) is 5.91 Å². The minimum atomic E-state index is -0.314. The second-order valence-electron chi connectivity index (χ2n) is 4.71. The number of pyridine rings is 1. The quantitative estimate of drug-likeness (QED) is 0.852. The Kier molecular flexibility index (Phi) is 5.09. The maximum atomic E-state index is 11.3. The van der Waals surface area contributed by atoms with Crippen LogP contribution in [0.3, 0.4) is 0 Å². The van der Waals surface area contributed by atoms with Gasteiger partial charge in [-0.1, -0.05) is 35.0 Å². The number of fused-ring (bicyclic) bond motifs is 1. The van der Waals surface area contributed by atoms with Gasteiger partial charge in [-0.05, 0) is 30.7 Å². The number of nitrogens with one attached hydrogen (secondary N) is 1. The largest absolute Gasteiger partial charge is 0.370 e. The van der Waals surface area contributed by atoms with Crippen LogP contribution in [0, 0.1) is 0 Å². The second kappa shape index (κ2) is 6.81. The minimum absolute atomic E-state index is 0.0991. The lowest BCUT2D eigenvalue weighted by Gasteiger charge is -2.19. The van der Waals surface area contributed by atoms with Gasteiger partial charge in [0.05, 0.1) is 5.52 Å². The molecule has 0 saturated carbocycles. The maximum absolute atomic E-state index is 11.3. The molecule has 2 aromatic rings. The lowest BCUT2D eigenvalue weighted by Crippen LogP contribution is -2.27. The van der Waals surface area contributed by atoms with E-state index in [0.29, 0.717) is 0 Å². The molecule has 3 N–H and O–H groups in total. The molecule has 106 valence electrons. The van der Waals surface area contributed by atoms with Gasteiger partial charge in [-0.15, -0.1) is 0 Å². The Morgan fingerprint density at radius 2 is 2.25 bits per heavy atom. The van der Waals surface area contributed by atoms with Crippen molar-refractivity contribution in [1.29, 1.82) is 0 Å². The van der Waals surface area contributed by atoms with Gasteiger partial charge in [0, 0.05) is 28.5 Å². The summed E-state index contributed by atoms with van der Waals surface area (Å²) in [6, 6.07) is 7.80. The number of hydrogen-bond acceptors (Lipinski definition) is 3. The predicted octanol–water partition coefficient (Wildman–Crippen LogP) is 2.91. The zero-order valence-electron chi connectivity index (χ0n) is 11.4. The van der Waals surface area contributed by atoms with Crippen molar-refractivity contribution in [3.63, 3.8) is 0 Å². The second-order valence-corrected chi connectivity index (χ2v) is 5.57. The summed E-state index contributed by atoms with van der Waals surface area (Å²) < 4.78 is 0.998. The first-order valence-electron chi connectivity index (χ1n) is 6.68. The summed E-state index contributed by atoms with van der Waals surface area (Å²) >= 11 is 3.53. The lowest BCUT2D eigenvalue weighted by molar-refractivity contribution is -0.118. The van der Waals surface area contributed by atoms with Gasteiger partial charge in [0.1, 0.15) is 0 Å². The fraction of sp³-hybridized carbons (Fsp3) is 0.333. The van der Waals surface area contributed by atoms with E-state index in [9.17, 15) is 4.79 Å². The normalized spacial score (nSPS) is 12.5. The molecule has 0 aliphatic heterocycles. The molecule has 0 fully saturated rings. The molecule has 1 aromatic heterocycles. The summed E-state index contributed by atoms with van der Waals surface area (Å²) in [7, 11) is 0. The van der Waals surface area contributed by atoms with E-state index >= 15 is 0 Å². The summed E-state index contributed by atoms with van der Waals surface area (Å²) in [5.74, 6) is -0.314. The molecule has 1 amide bonds. The third-order valence-electron chi connectivity index (χ3n) is 3.17. The van der Waals surface area contributed by atoms with E-state index < -0.39 is 0 Å². The highest BCUT2D eigenvalue weighted by atomic mass is 79.9. The zero-order chi connectivity index (χ0) is 14.5. The molecule has 1 aromatic carbocycles. The van der Waals surface area contributed by atoms with Crippen molar-refractivity contribution >= 4 is 32.7 Å².